The van der Waals surface area contributed by atoms with Crippen molar-refractivity contribution in [3.63, 3.8) is 0 Å². The summed E-state index contributed by atoms with van der Waals surface area (Å²) in [7, 11) is 0. The summed E-state index contributed by atoms with van der Waals surface area (Å²) in [6.45, 7) is 3.28. The lowest BCUT2D eigenvalue weighted by Gasteiger charge is -2.15. The monoisotopic (exact) mass is 326 g/mol. The van der Waals surface area contributed by atoms with Gasteiger partial charge in [0.2, 0.25) is 0 Å². The first kappa shape index (κ1) is 14.2. The maximum absolute atomic E-state index is 13.6. The lowest BCUT2D eigenvalue weighted by Crippen LogP contribution is -2.04. The highest BCUT2D eigenvalue weighted by Gasteiger charge is 2.17. The van der Waals surface area contributed by atoms with Crippen molar-refractivity contribution in [2.45, 2.75) is 20.0 Å². The van der Waals surface area contributed by atoms with Crippen molar-refractivity contribution in [2.75, 3.05) is 0 Å². The van der Waals surface area contributed by atoms with Crippen LogP contribution < -0.4 is 0 Å². The third-order valence-corrected chi connectivity index (χ3v) is 3.89. The Labute approximate surface area is 119 Å². The molecular formula is C15H13BrF2O. The summed E-state index contributed by atoms with van der Waals surface area (Å²) in [5.74, 6) is -0.721. The standard InChI is InChI=1S/C15H13BrF2O/c1-8-6-10(7-9(2)14(8)18)15(19)11-4-3-5-12(17)13(11)16/h3-7,15,19H,1-2H3. The van der Waals surface area contributed by atoms with Gasteiger partial charge in [0.05, 0.1) is 4.47 Å². The molecule has 0 aliphatic carbocycles. The van der Waals surface area contributed by atoms with Gasteiger partial charge in [0.1, 0.15) is 17.7 Å². The summed E-state index contributed by atoms with van der Waals surface area (Å²) in [6.07, 6.45) is -0.997. The average Bonchev–Trinajstić information content (AvgIpc) is 2.38. The number of hydrogen-bond donors (Lipinski definition) is 1. The molecule has 0 saturated heterocycles. The average molecular weight is 327 g/mol. The first-order valence-corrected chi connectivity index (χ1v) is 6.59. The predicted octanol–water partition coefficient (Wildman–Crippen LogP) is 4.43. The van der Waals surface area contributed by atoms with Crippen molar-refractivity contribution >= 4 is 15.9 Å². The molecule has 1 N–H and O–H groups in total. The molecule has 2 aromatic carbocycles. The molecule has 100 valence electrons. The minimum atomic E-state index is -0.997. The van der Waals surface area contributed by atoms with Gasteiger partial charge in [-0.15, -0.1) is 0 Å². The van der Waals surface area contributed by atoms with Gasteiger partial charge in [-0.05, 0) is 52.5 Å². The molecule has 0 heterocycles. The third-order valence-electron chi connectivity index (χ3n) is 3.05. The zero-order valence-corrected chi connectivity index (χ0v) is 12.1. The molecule has 0 amide bonds. The van der Waals surface area contributed by atoms with Crippen LogP contribution in [0.5, 0.6) is 0 Å². The molecule has 1 unspecified atom stereocenters. The Morgan fingerprint density at radius 2 is 1.68 bits per heavy atom. The molecule has 0 fully saturated rings. The van der Waals surface area contributed by atoms with E-state index in [1.807, 2.05) is 0 Å². The highest BCUT2D eigenvalue weighted by molar-refractivity contribution is 9.10. The van der Waals surface area contributed by atoms with E-state index >= 15 is 0 Å². The van der Waals surface area contributed by atoms with Gasteiger partial charge in [0.25, 0.3) is 0 Å². The smallest absolute Gasteiger partial charge is 0.137 e. The molecule has 1 atom stereocenters. The summed E-state index contributed by atoms with van der Waals surface area (Å²) >= 11 is 3.12. The quantitative estimate of drug-likeness (QED) is 0.865. The number of hydrogen-bond acceptors (Lipinski definition) is 1. The van der Waals surface area contributed by atoms with Gasteiger partial charge in [-0.25, -0.2) is 8.78 Å². The van der Waals surface area contributed by atoms with Crippen LogP contribution >= 0.6 is 15.9 Å². The number of halogens is 3. The molecule has 19 heavy (non-hydrogen) atoms. The topological polar surface area (TPSA) is 20.2 Å². The highest BCUT2D eigenvalue weighted by Crippen LogP contribution is 2.31. The molecule has 0 aliphatic rings. The van der Waals surface area contributed by atoms with Gasteiger partial charge in [-0.2, -0.15) is 0 Å². The van der Waals surface area contributed by atoms with Crippen molar-refractivity contribution < 1.29 is 13.9 Å². The molecule has 0 aromatic heterocycles. The Kier molecular flexibility index (Phi) is 4.02. The van der Waals surface area contributed by atoms with E-state index in [1.165, 1.54) is 12.1 Å². The van der Waals surface area contributed by atoms with Gasteiger partial charge >= 0.3 is 0 Å². The fourth-order valence-electron chi connectivity index (χ4n) is 2.05. The number of benzene rings is 2. The van der Waals surface area contributed by atoms with Crippen LogP contribution in [0.3, 0.4) is 0 Å². The van der Waals surface area contributed by atoms with Gasteiger partial charge in [-0.3, -0.25) is 0 Å². The predicted molar refractivity (Wildman–Crippen MR) is 74.0 cm³/mol. The van der Waals surface area contributed by atoms with Crippen LogP contribution in [0.25, 0.3) is 0 Å². The third kappa shape index (κ3) is 2.69. The summed E-state index contributed by atoms with van der Waals surface area (Å²) in [5.41, 5.74) is 1.89. The maximum Gasteiger partial charge on any atom is 0.137 e. The van der Waals surface area contributed by atoms with Gasteiger partial charge < -0.3 is 5.11 Å². The molecule has 0 radical (unpaired) electrons. The molecule has 4 heteroatoms. The van der Waals surface area contributed by atoms with Gasteiger partial charge in [0.15, 0.2) is 0 Å². The van der Waals surface area contributed by atoms with Crippen LogP contribution in [-0.4, -0.2) is 5.11 Å². The van der Waals surface area contributed by atoms with Crippen LogP contribution in [0.2, 0.25) is 0 Å². The molecule has 2 rings (SSSR count). The van der Waals surface area contributed by atoms with Crippen molar-refractivity contribution in [3.8, 4) is 0 Å². The Morgan fingerprint density at radius 1 is 1.11 bits per heavy atom. The first-order chi connectivity index (χ1) is 8.91. The Hall–Kier alpha value is -1.26. The Balaban J connectivity index is 2.50. The number of aryl methyl sites for hydroxylation is 2. The minimum Gasteiger partial charge on any atom is -0.384 e. The second-order valence-electron chi connectivity index (χ2n) is 4.51. The molecule has 2 aromatic rings. The van der Waals surface area contributed by atoms with E-state index < -0.39 is 11.9 Å². The van der Waals surface area contributed by atoms with Crippen LogP contribution in [0.15, 0.2) is 34.8 Å². The minimum absolute atomic E-state index is 0.224. The second kappa shape index (κ2) is 5.39. The number of rotatable bonds is 2. The number of aliphatic hydroxyl groups is 1. The van der Waals surface area contributed by atoms with Crippen molar-refractivity contribution in [3.05, 3.63) is 68.7 Å². The Morgan fingerprint density at radius 3 is 2.26 bits per heavy atom. The van der Waals surface area contributed by atoms with E-state index in [9.17, 15) is 13.9 Å². The highest BCUT2D eigenvalue weighted by atomic mass is 79.9. The molecule has 1 nitrogen and oxygen atoms in total. The van der Waals surface area contributed by atoms with Crippen LogP contribution in [0, 0.1) is 25.5 Å². The van der Waals surface area contributed by atoms with Crippen LogP contribution in [0.1, 0.15) is 28.4 Å². The summed E-state index contributed by atoms with van der Waals surface area (Å²) in [6, 6.07) is 7.61. The van der Waals surface area contributed by atoms with E-state index in [0.29, 0.717) is 22.3 Å². The SMILES string of the molecule is Cc1cc(C(O)c2cccc(F)c2Br)cc(C)c1F. The van der Waals surface area contributed by atoms with Crippen molar-refractivity contribution in [2.24, 2.45) is 0 Å². The lowest BCUT2D eigenvalue weighted by atomic mass is 9.97. The fourth-order valence-corrected chi connectivity index (χ4v) is 2.53. The maximum atomic E-state index is 13.6. The molecule has 0 aliphatic heterocycles. The first-order valence-electron chi connectivity index (χ1n) is 5.80. The Bertz CT molecular complexity index is 603. The summed E-state index contributed by atoms with van der Waals surface area (Å²) < 4.78 is 27.3. The summed E-state index contributed by atoms with van der Waals surface area (Å²) in [5, 5.41) is 10.3. The normalized spacial score (nSPS) is 12.5. The van der Waals surface area contributed by atoms with E-state index in [1.54, 1.807) is 32.0 Å². The molecular weight excluding hydrogens is 314 g/mol. The van der Waals surface area contributed by atoms with Crippen molar-refractivity contribution in [1.29, 1.82) is 0 Å². The summed E-state index contributed by atoms with van der Waals surface area (Å²) in [4.78, 5) is 0. The van der Waals surface area contributed by atoms with E-state index in [2.05, 4.69) is 15.9 Å². The largest absolute Gasteiger partial charge is 0.384 e. The van der Waals surface area contributed by atoms with Crippen LogP contribution in [-0.2, 0) is 0 Å². The number of aliphatic hydroxyl groups excluding tert-OH is 1. The van der Waals surface area contributed by atoms with Gasteiger partial charge in [0, 0.05) is 5.56 Å². The van der Waals surface area contributed by atoms with Gasteiger partial charge in [-0.1, -0.05) is 24.3 Å². The van der Waals surface area contributed by atoms with E-state index in [0.717, 1.165) is 0 Å². The van der Waals surface area contributed by atoms with Crippen molar-refractivity contribution in [1.82, 2.24) is 0 Å². The van der Waals surface area contributed by atoms with E-state index in [-0.39, 0.29) is 10.3 Å². The molecule has 0 bridgehead atoms. The van der Waals surface area contributed by atoms with Crippen LogP contribution in [0.4, 0.5) is 8.78 Å². The zero-order chi connectivity index (χ0) is 14.2. The van der Waals surface area contributed by atoms with E-state index in [4.69, 9.17) is 0 Å². The molecule has 0 spiro atoms. The lowest BCUT2D eigenvalue weighted by molar-refractivity contribution is 0.218. The zero-order valence-electron chi connectivity index (χ0n) is 10.5. The fraction of sp³-hybridized carbons (Fsp3) is 0.200. The molecule has 0 saturated carbocycles. The second-order valence-corrected chi connectivity index (χ2v) is 5.31.